The highest BCUT2D eigenvalue weighted by atomic mass is 16.3. The van der Waals surface area contributed by atoms with Crippen molar-refractivity contribution in [2.75, 3.05) is 70.3 Å². The van der Waals surface area contributed by atoms with Gasteiger partial charge in [0.25, 0.3) is 5.91 Å². The van der Waals surface area contributed by atoms with Gasteiger partial charge < -0.3 is 19.3 Å². The van der Waals surface area contributed by atoms with Crippen LogP contribution in [-0.2, 0) is 0 Å². The van der Waals surface area contributed by atoms with Crippen molar-refractivity contribution in [3.63, 3.8) is 0 Å². The Morgan fingerprint density at radius 1 is 0.935 bits per heavy atom. The maximum Gasteiger partial charge on any atom is 0.257 e. The largest absolute Gasteiger partial charge is 0.466 e. The fourth-order valence-electron chi connectivity index (χ4n) is 4.63. The van der Waals surface area contributed by atoms with E-state index in [1.54, 1.807) is 0 Å². The number of benzene rings is 1. The molecule has 31 heavy (non-hydrogen) atoms. The number of para-hydroxylation sites is 1. The van der Waals surface area contributed by atoms with E-state index in [0.29, 0.717) is 37.5 Å². The molecule has 2 aliphatic rings. The van der Waals surface area contributed by atoms with E-state index in [2.05, 4.69) is 39.0 Å². The van der Waals surface area contributed by atoms with E-state index in [1.165, 1.54) is 5.69 Å². The fourth-order valence-corrected chi connectivity index (χ4v) is 4.63. The van der Waals surface area contributed by atoms with Crippen LogP contribution in [0.2, 0.25) is 0 Å². The zero-order valence-corrected chi connectivity index (χ0v) is 18.7. The molecule has 3 heterocycles. The average molecular weight is 427 g/mol. The van der Waals surface area contributed by atoms with Crippen molar-refractivity contribution >= 4 is 11.6 Å². The van der Waals surface area contributed by atoms with E-state index in [0.717, 1.165) is 45.0 Å². The zero-order valence-electron chi connectivity index (χ0n) is 18.7. The molecule has 1 amide bonds. The third kappa shape index (κ3) is 5.47. The third-order valence-electron chi connectivity index (χ3n) is 6.36. The van der Waals surface area contributed by atoms with Crippen molar-refractivity contribution in [1.82, 2.24) is 14.7 Å². The van der Waals surface area contributed by atoms with E-state index in [-0.39, 0.29) is 12.0 Å². The van der Waals surface area contributed by atoms with Gasteiger partial charge in [0.1, 0.15) is 11.5 Å². The summed E-state index contributed by atoms with van der Waals surface area (Å²) in [4.78, 5) is 21.7. The predicted molar refractivity (Wildman–Crippen MR) is 122 cm³/mol. The van der Waals surface area contributed by atoms with Crippen LogP contribution in [0.25, 0.3) is 0 Å². The number of aryl methyl sites for hydroxylation is 2. The van der Waals surface area contributed by atoms with Crippen LogP contribution in [0.1, 0.15) is 21.9 Å². The lowest BCUT2D eigenvalue weighted by Gasteiger charge is -2.38. The van der Waals surface area contributed by atoms with Gasteiger partial charge in [0.2, 0.25) is 0 Å². The lowest BCUT2D eigenvalue weighted by Crippen LogP contribution is -2.53. The van der Waals surface area contributed by atoms with Gasteiger partial charge in [-0.2, -0.15) is 0 Å². The predicted octanol–water partition coefficient (Wildman–Crippen LogP) is 1.84. The summed E-state index contributed by atoms with van der Waals surface area (Å²) in [6, 6.07) is 12.3. The van der Waals surface area contributed by atoms with Crippen molar-refractivity contribution in [1.29, 1.82) is 0 Å². The van der Waals surface area contributed by atoms with Crippen LogP contribution in [-0.4, -0.2) is 97.3 Å². The Balaban J connectivity index is 1.18. The summed E-state index contributed by atoms with van der Waals surface area (Å²) in [5.74, 6) is 1.51. The number of rotatable bonds is 6. The molecular formula is C24H34N4O3. The Bertz CT molecular complexity index is 853. The molecule has 2 aromatic rings. The summed E-state index contributed by atoms with van der Waals surface area (Å²) >= 11 is 0. The molecule has 0 aliphatic carbocycles. The van der Waals surface area contributed by atoms with E-state index in [4.69, 9.17) is 4.42 Å². The molecule has 1 aromatic carbocycles. The maximum atomic E-state index is 12.7. The lowest BCUT2D eigenvalue weighted by molar-refractivity contribution is 0.0425. The number of nitrogens with zero attached hydrogens (tertiary/aromatic N) is 4. The molecule has 1 atom stereocenters. The number of aliphatic hydroxyl groups excluding tert-OH is 1. The molecule has 2 aliphatic heterocycles. The highest BCUT2D eigenvalue weighted by Gasteiger charge is 2.26. The molecule has 1 N–H and O–H groups in total. The second-order valence-electron chi connectivity index (χ2n) is 8.70. The Labute approximate surface area is 184 Å². The number of aliphatic hydroxyl groups is 1. The van der Waals surface area contributed by atoms with E-state index >= 15 is 0 Å². The van der Waals surface area contributed by atoms with Crippen LogP contribution in [0.5, 0.6) is 0 Å². The highest BCUT2D eigenvalue weighted by Crippen LogP contribution is 2.18. The Morgan fingerprint density at radius 3 is 2.06 bits per heavy atom. The highest BCUT2D eigenvalue weighted by molar-refractivity contribution is 5.95. The maximum absolute atomic E-state index is 12.7. The summed E-state index contributed by atoms with van der Waals surface area (Å²) in [7, 11) is 0. The zero-order chi connectivity index (χ0) is 21.8. The molecule has 0 bridgehead atoms. The SMILES string of the molecule is Cc1cc(C(=O)N2CCN(CC(O)CN3CCN(c4ccccc4)CC3)CC2)c(C)o1. The number of furan rings is 1. The second-order valence-corrected chi connectivity index (χ2v) is 8.70. The number of piperazine rings is 2. The van der Waals surface area contributed by atoms with E-state index in [9.17, 15) is 9.90 Å². The van der Waals surface area contributed by atoms with Crippen molar-refractivity contribution in [3.05, 3.63) is 53.5 Å². The third-order valence-corrected chi connectivity index (χ3v) is 6.36. The van der Waals surface area contributed by atoms with Crippen molar-refractivity contribution in [2.45, 2.75) is 20.0 Å². The van der Waals surface area contributed by atoms with Crippen molar-refractivity contribution in [3.8, 4) is 0 Å². The molecule has 2 fully saturated rings. The summed E-state index contributed by atoms with van der Waals surface area (Å²) < 4.78 is 5.51. The van der Waals surface area contributed by atoms with Gasteiger partial charge in [-0.05, 0) is 32.0 Å². The summed E-state index contributed by atoms with van der Waals surface area (Å²) in [5.41, 5.74) is 1.94. The number of carbonyl (C=O) groups is 1. The minimum absolute atomic E-state index is 0.0471. The van der Waals surface area contributed by atoms with Crippen LogP contribution >= 0.6 is 0 Å². The van der Waals surface area contributed by atoms with Crippen LogP contribution in [0, 0.1) is 13.8 Å². The van der Waals surface area contributed by atoms with Crippen LogP contribution in [0.3, 0.4) is 0 Å². The normalized spacial score (nSPS) is 19.6. The number of hydrogen-bond acceptors (Lipinski definition) is 6. The Kier molecular flexibility index (Phi) is 6.95. The summed E-state index contributed by atoms with van der Waals surface area (Å²) in [6.07, 6.45) is -0.371. The topological polar surface area (TPSA) is 63.4 Å². The number of carbonyl (C=O) groups excluding carboxylic acids is 1. The summed E-state index contributed by atoms with van der Waals surface area (Å²) in [6.45, 7) is 11.9. The first-order chi connectivity index (χ1) is 15.0. The molecule has 168 valence electrons. The number of β-amino-alcohol motifs (C(OH)–C–C–N with tert-alkyl or cyclic N) is 1. The van der Waals surface area contributed by atoms with Gasteiger partial charge in [-0.1, -0.05) is 18.2 Å². The van der Waals surface area contributed by atoms with Crippen LogP contribution in [0.15, 0.2) is 40.8 Å². The minimum atomic E-state index is -0.371. The first-order valence-electron chi connectivity index (χ1n) is 11.3. The van der Waals surface area contributed by atoms with Gasteiger partial charge in [0, 0.05) is 71.1 Å². The number of amides is 1. The molecule has 4 rings (SSSR count). The molecule has 1 aromatic heterocycles. The number of hydrogen-bond donors (Lipinski definition) is 1. The molecule has 0 radical (unpaired) electrons. The molecule has 2 saturated heterocycles. The first kappa shape index (κ1) is 21.9. The standard InChI is InChI=1S/C24H34N4O3/c1-19-16-23(20(2)31-19)24(30)28-14-10-26(11-15-28)18-22(29)17-25-8-12-27(13-9-25)21-6-4-3-5-7-21/h3-7,16,22,29H,8-15,17-18H2,1-2H3. The quantitative estimate of drug-likeness (QED) is 0.761. The van der Waals surface area contributed by atoms with Crippen molar-refractivity contribution in [2.24, 2.45) is 0 Å². The second kappa shape index (κ2) is 9.85. The van der Waals surface area contributed by atoms with Gasteiger partial charge in [0.05, 0.1) is 11.7 Å². The molecule has 7 nitrogen and oxygen atoms in total. The Hall–Kier alpha value is -2.35. The monoisotopic (exact) mass is 426 g/mol. The molecular weight excluding hydrogens is 392 g/mol. The first-order valence-corrected chi connectivity index (χ1v) is 11.3. The van der Waals surface area contributed by atoms with Gasteiger partial charge in [-0.15, -0.1) is 0 Å². The van der Waals surface area contributed by atoms with Gasteiger partial charge in [-0.3, -0.25) is 14.6 Å². The van der Waals surface area contributed by atoms with Crippen LogP contribution in [0.4, 0.5) is 5.69 Å². The fraction of sp³-hybridized carbons (Fsp3) is 0.542. The minimum Gasteiger partial charge on any atom is -0.466 e. The van der Waals surface area contributed by atoms with Crippen LogP contribution < -0.4 is 4.90 Å². The summed E-state index contributed by atoms with van der Waals surface area (Å²) in [5, 5.41) is 10.6. The smallest absolute Gasteiger partial charge is 0.257 e. The molecule has 1 unspecified atom stereocenters. The molecule has 0 saturated carbocycles. The average Bonchev–Trinajstić information content (AvgIpc) is 3.12. The number of anilines is 1. The van der Waals surface area contributed by atoms with Gasteiger partial charge >= 0.3 is 0 Å². The lowest BCUT2D eigenvalue weighted by atomic mass is 10.2. The van der Waals surface area contributed by atoms with Crippen molar-refractivity contribution < 1.29 is 14.3 Å². The van der Waals surface area contributed by atoms with Gasteiger partial charge in [0.15, 0.2) is 0 Å². The molecule has 7 heteroatoms. The molecule has 0 spiro atoms. The van der Waals surface area contributed by atoms with Gasteiger partial charge in [-0.25, -0.2) is 0 Å². The Morgan fingerprint density at radius 2 is 1.52 bits per heavy atom. The van der Waals surface area contributed by atoms with E-state index < -0.39 is 0 Å². The van der Waals surface area contributed by atoms with E-state index in [1.807, 2.05) is 30.9 Å².